The molecule has 3 aromatic rings. The third-order valence-corrected chi connectivity index (χ3v) is 5.10. The molecule has 0 radical (unpaired) electrons. The van der Waals surface area contributed by atoms with E-state index in [2.05, 4.69) is 4.98 Å². The number of esters is 1. The number of fused-ring (bicyclic) bond motifs is 1. The molecule has 158 valence electrons. The fourth-order valence-corrected chi connectivity index (χ4v) is 3.38. The molecular formula is C23H20N2O6. The summed E-state index contributed by atoms with van der Waals surface area (Å²) in [5.41, 5.74) is 2.24. The van der Waals surface area contributed by atoms with Crippen molar-refractivity contribution in [2.75, 3.05) is 7.11 Å². The van der Waals surface area contributed by atoms with Gasteiger partial charge in [0, 0.05) is 0 Å². The third-order valence-electron chi connectivity index (χ3n) is 5.10. The topological polar surface area (TPSA) is 98.9 Å². The van der Waals surface area contributed by atoms with Crippen LogP contribution in [0.1, 0.15) is 54.0 Å². The minimum atomic E-state index is -0.630. The zero-order chi connectivity index (χ0) is 22.1. The van der Waals surface area contributed by atoms with E-state index in [4.69, 9.17) is 13.9 Å². The molecule has 0 aliphatic carbocycles. The van der Waals surface area contributed by atoms with Crippen LogP contribution in [0.4, 0.5) is 0 Å². The summed E-state index contributed by atoms with van der Waals surface area (Å²) >= 11 is 0. The molecule has 8 heteroatoms. The Morgan fingerprint density at radius 2 is 1.74 bits per heavy atom. The number of oxazole rings is 1. The smallest absolute Gasteiger partial charge is 0.342 e. The predicted molar refractivity (Wildman–Crippen MR) is 109 cm³/mol. The van der Waals surface area contributed by atoms with Gasteiger partial charge < -0.3 is 13.9 Å². The van der Waals surface area contributed by atoms with Crippen LogP contribution in [0, 0.1) is 13.8 Å². The second-order valence-corrected chi connectivity index (χ2v) is 7.10. The van der Waals surface area contributed by atoms with E-state index >= 15 is 0 Å². The van der Waals surface area contributed by atoms with Gasteiger partial charge in [0.05, 0.1) is 30.5 Å². The Balaban J connectivity index is 1.53. The molecule has 2 aromatic carbocycles. The van der Waals surface area contributed by atoms with Crippen molar-refractivity contribution in [1.82, 2.24) is 9.88 Å². The van der Waals surface area contributed by atoms with Gasteiger partial charge in [0.15, 0.2) is 6.61 Å². The van der Waals surface area contributed by atoms with Crippen LogP contribution in [0.2, 0.25) is 0 Å². The van der Waals surface area contributed by atoms with Gasteiger partial charge in [-0.15, -0.1) is 0 Å². The first kappa shape index (κ1) is 20.3. The van der Waals surface area contributed by atoms with E-state index in [-0.39, 0.29) is 30.5 Å². The fraction of sp³-hybridized carbons (Fsp3) is 0.217. The molecule has 0 spiro atoms. The first-order chi connectivity index (χ1) is 14.9. The molecule has 2 amide bonds. The van der Waals surface area contributed by atoms with Crippen LogP contribution in [0.25, 0.3) is 0 Å². The number of aromatic nitrogens is 1. The van der Waals surface area contributed by atoms with E-state index in [1.165, 1.54) is 7.11 Å². The molecule has 0 saturated heterocycles. The summed E-state index contributed by atoms with van der Waals surface area (Å²) in [4.78, 5) is 43.2. The van der Waals surface area contributed by atoms with Crippen LogP contribution in [0.5, 0.6) is 5.75 Å². The molecule has 0 atom stereocenters. The Kier molecular flexibility index (Phi) is 5.29. The first-order valence-electron chi connectivity index (χ1n) is 9.61. The van der Waals surface area contributed by atoms with Crippen LogP contribution in [0.3, 0.4) is 0 Å². The van der Waals surface area contributed by atoms with Gasteiger partial charge in [-0.1, -0.05) is 18.2 Å². The van der Waals surface area contributed by atoms with Gasteiger partial charge in [0.1, 0.15) is 17.1 Å². The summed E-state index contributed by atoms with van der Waals surface area (Å²) in [6, 6.07) is 11.5. The average Bonchev–Trinajstić information content (AvgIpc) is 3.23. The largest absolute Gasteiger partial charge is 0.496 e. The standard InChI is InChI=1S/C23H20N2O6/c1-13-14(2)31-20(24-13)12-30-23(28)18-10-15(8-9-19(18)29-3)11-25-21(26)16-6-4-5-7-17(16)22(25)27/h4-10H,11-12H2,1-3H3. The van der Waals surface area contributed by atoms with E-state index in [9.17, 15) is 14.4 Å². The lowest BCUT2D eigenvalue weighted by molar-refractivity contribution is 0.0433. The average molecular weight is 420 g/mol. The van der Waals surface area contributed by atoms with E-state index < -0.39 is 5.97 Å². The molecule has 0 bridgehead atoms. The highest BCUT2D eigenvalue weighted by molar-refractivity contribution is 6.21. The predicted octanol–water partition coefficient (Wildman–Crippen LogP) is 3.45. The number of nitrogens with zero attached hydrogens (tertiary/aromatic N) is 2. The van der Waals surface area contributed by atoms with E-state index in [0.29, 0.717) is 34.1 Å². The molecule has 1 aliphatic heterocycles. The van der Waals surface area contributed by atoms with Crippen LogP contribution in [-0.4, -0.2) is 34.8 Å². The second kappa shape index (κ2) is 8.06. The zero-order valence-corrected chi connectivity index (χ0v) is 17.3. The van der Waals surface area contributed by atoms with Gasteiger partial charge in [-0.05, 0) is 43.7 Å². The van der Waals surface area contributed by atoms with E-state index in [1.807, 2.05) is 0 Å². The van der Waals surface area contributed by atoms with Gasteiger partial charge in [-0.2, -0.15) is 0 Å². The Hall–Kier alpha value is -3.94. The number of ether oxygens (including phenoxy) is 2. The summed E-state index contributed by atoms with van der Waals surface area (Å²) in [6.45, 7) is 3.48. The van der Waals surface area contributed by atoms with Gasteiger partial charge in [-0.3, -0.25) is 14.5 Å². The summed E-state index contributed by atoms with van der Waals surface area (Å²) in [5.74, 6) is -0.0909. The van der Waals surface area contributed by atoms with Gasteiger partial charge >= 0.3 is 5.97 Å². The molecule has 31 heavy (non-hydrogen) atoms. The Bertz CT molecular complexity index is 1140. The van der Waals surface area contributed by atoms with Crippen LogP contribution >= 0.6 is 0 Å². The number of benzene rings is 2. The van der Waals surface area contributed by atoms with Gasteiger partial charge in [0.2, 0.25) is 5.89 Å². The minimum Gasteiger partial charge on any atom is -0.496 e. The number of carbonyl (C=O) groups excluding carboxylic acids is 3. The second-order valence-electron chi connectivity index (χ2n) is 7.10. The lowest BCUT2D eigenvalue weighted by Crippen LogP contribution is -2.29. The first-order valence-corrected chi connectivity index (χ1v) is 9.61. The van der Waals surface area contributed by atoms with Crippen molar-refractivity contribution >= 4 is 17.8 Å². The monoisotopic (exact) mass is 420 g/mol. The van der Waals surface area contributed by atoms with Crippen LogP contribution in [-0.2, 0) is 17.9 Å². The van der Waals surface area contributed by atoms with Crippen molar-refractivity contribution in [3.05, 3.63) is 82.1 Å². The summed E-state index contributed by atoms with van der Waals surface area (Å²) < 4.78 is 16.0. The third kappa shape index (κ3) is 3.79. The van der Waals surface area contributed by atoms with Crippen LogP contribution in [0.15, 0.2) is 46.9 Å². The quantitative estimate of drug-likeness (QED) is 0.445. The molecule has 8 nitrogen and oxygen atoms in total. The number of carbonyl (C=O) groups is 3. The van der Waals surface area contributed by atoms with Gasteiger partial charge in [0.25, 0.3) is 11.8 Å². The summed E-state index contributed by atoms with van der Waals surface area (Å²) in [6.07, 6.45) is 0. The van der Waals surface area contributed by atoms with Crippen molar-refractivity contribution in [1.29, 1.82) is 0 Å². The molecule has 1 aliphatic rings. The highest BCUT2D eigenvalue weighted by Crippen LogP contribution is 2.27. The van der Waals surface area contributed by atoms with E-state index in [0.717, 1.165) is 10.6 Å². The van der Waals surface area contributed by atoms with Crippen molar-refractivity contribution in [3.8, 4) is 5.75 Å². The van der Waals surface area contributed by atoms with Crippen molar-refractivity contribution in [2.45, 2.75) is 27.0 Å². The normalized spacial score (nSPS) is 12.8. The lowest BCUT2D eigenvalue weighted by atomic mass is 10.1. The Morgan fingerprint density at radius 1 is 1.06 bits per heavy atom. The number of amides is 2. The number of aryl methyl sites for hydroxylation is 2. The number of hydrogen-bond acceptors (Lipinski definition) is 7. The molecule has 0 saturated carbocycles. The number of imide groups is 1. The minimum absolute atomic E-state index is 0.0226. The van der Waals surface area contributed by atoms with Crippen molar-refractivity contribution < 1.29 is 28.3 Å². The Morgan fingerprint density at radius 3 is 2.32 bits per heavy atom. The number of hydrogen-bond donors (Lipinski definition) is 0. The Labute approximate surface area is 178 Å². The molecule has 0 unspecified atom stereocenters. The van der Waals surface area contributed by atoms with Crippen molar-refractivity contribution in [2.24, 2.45) is 0 Å². The highest BCUT2D eigenvalue weighted by atomic mass is 16.5. The number of methoxy groups -OCH3 is 1. The SMILES string of the molecule is COc1ccc(CN2C(=O)c3ccccc3C2=O)cc1C(=O)OCc1nc(C)c(C)o1. The van der Waals surface area contributed by atoms with Crippen molar-refractivity contribution in [3.63, 3.8) is 0 Å². The fourth-order valence-electron chi connectivity index (χ4n) is 3.38. The summed E-state index contributed by atoms with van der Waals surface area (Å²) in [5, 5.41) is 0. The zero-order valence-electron chi connectivity index (χ0n) is 17.3. The maximum Gasteiger partial charge on any atom is 0.342 e. The maximum atomic E-state index is 12.7. The molecule has 0 fully saturated rings. The highest BCUT2D eigenvalue weighted by Gasteiger charge is 2.35. The summed E-state index contributed by atoms with van der Waals surface area (Å²) in [7, 11) is 1.44. The lowest BCUT2D eigenvalue weighted by Gasteiger charge is -2.15. The molecule has 0 N–H and O–H groups in total. The number of rotatable bonds is 6. The molecule has 2 heterocycles. The van der Waals surface area contributed by atoms with E-state index in [1.54, 1.807) is 56.3 Å². The maximum absolute atomic E-state index is 12.7. The molecular weight excluding hydrogens is 400 g/mol. The van der Waals surface area contributed by atoms with Gasteiger partial charge in [-0.25, -0.2) is 9.78 Å². The molecule has 4 rings (SSSR count). The van der Waals surface area contributed by atoms with Crippen LogP contribution < -0.4 is 4.74 Å². The molecule has 1 aromatic heterocycles.